The van der Waals surface area contributed by atoms with Gasteiger partial charge in [0, 0.05) is 38.1 Å². The molecule has 3 aliphatic rings. The number of cyclic esters (lactones) is 1. The third-order valence-corrected chi connectivity index (χ3v) is 12.2. The molecule has 0 saturated carbocycles. The second-order valence-electron chi connectivity index (χ2n) is 17.2. The number of hydrogen-bond acceptors (Lipinski definition) is 14. The third-order valence-electron chi connectivity index (χ3n) is 12.2. The average Bonchev–Trinajstić information content (AvgIpc) is 3.05. The molecule has 0 spiro atoms. The number of rotatable bonds is 7. The lowest BCUT2D eigenvalue weighted by molar-refractivity contribution is -0.318. The number of likely N-dealkylation sites (N-methyl/N-ethyl adjacent to an activating group) is 2. The quantitative estimate of drug-likeness (QED) is 0.238. The highest BCUT2D eigenvalue weighted by Crippen LogP contribution is 2.40. The van der Waals surface area contributed by atoms with Gasteiger partial charge in [-0.3, -0.25) is 4.79 Å². The zero-order chi connectivity index (χ0) is 39.7. The van der Waals surface area contributed by atoms with Crippen molar-refractivity contribution in [2.45, 2.75) is 185 Å². The van der Waals surface area contributed by atoms with Gasteiger partial charge in [-0.2, -0.15) is 0 Å². The van der Waals surface area contributed by atoms with E-state index in [0.29, 0.717) is 13.0 Å². The molecule has 18 atom stereocenters. The normalized spacial score (nSPS) is 49.6. The molecule has 5 N–H and O–H groups in total. The van der Waals surface area contributed by atoms with Gasteiger partial charge in [0.1, 0.15) is 30.0 Å². The molecular weight excluding hydrogens is 676 g/mol. The monoisotopic (exact) mass is 749 g/mol. The van der Waals surface area contributed by atoms with E-state index in [4.69, 9.17) is 28.4 Å². The molecule has 0 unspecified atom stereocenters. The lowest BCUT2D eigenvalue weighted by atomic mass is 9.77. The molecule has 0 aromatic heterocycles. The topological polar surface area (TPSA) is 180 Å². The van der Waals surface area contributed by atoms with Crippen LogP contribution < -0.4 is 0 Å². The van der Waals surface area contributed by atoms with Crippen molar-refractivity contribution < 1.29 is 58.7 Å². The van der Waals surface area contributed by atoms with Crippen LogP contribution in [0.15, 0.2) is 0 Å². The van der Waals surface area contributed by atoms with Gasteiger partial charge in [0.15, 0.2) is 12.6 Å². The van der Waals surface area contributed by atoms with Crippen molar-refractivity contribution in [1.29, 1.82) is 0 Å². The van der Waals surface area contributed by atoms with Gasteiger partial charge >= 0.3 is 5.97 Å². The van der Waals surface area contributed by atoms with Crippen LogP contribution in [0, 0.1) is 17.8 Å². The fraction of sp³-hybridized carbons (Fsp3) is 0.974. The lowest BCUT2D eigenvalue weighted by Gasteiger charge is -2.48. The molecule has 0 aromatic carbocycles. The second-order valence-corrected chi connectivity index (χ2v) is 17.2. The molecule has 3 aliphatic heterocycles. The van der Waals surface area contributed by atoms with Gasteiger partial charge < -0.3 is 63.8 Å². The fourth-order valence-corrected chi connectivity index (χ4v) is 8.74. The van der Waals surface area contributed by atoms with Crippen LogP contribution in [0.2, 0.25) is 0 Å². The summed E-state index contributed by atoms with van der Waals surface area (Å²) in [5.74, 6) is -2.58. The molecule has 0 amide bonds. The van der Waals surface area contributed by atoms with Gasteiger partial charge in [0.2, 0.25) is 0 Å². The van der Waals surface area contributed by atoms with E-state index in [1.807, 2.05) is 51.7 Å². The van der Waals surface area contributed by atoms with Crippen LogP contribution in [0.1, 0.15) is 94.9 Å². The number of methoxy groups -OCH3 is 1. The Morgan fingerprint density at radius 2 is 1.56 bits per heavy atom. The molecule has 14 nitrogen and oxygen atoms in total. The first-order chi connectivity index (χ1) is 23.9. The van der Waals surface area contributed by atoms with Crippen molar-refractivity contribution in [3.05, 3.63) is 0 Å². The number of aliphatic hydroxyl groups is 5. The Bertz CT molecular complexity index is 1140. The van der Waals surface area contributed by atoms with Crippen molar-refractivity contribution in [3.63, 3.8) is 0 Å². The molecule has 3 heterocycles. The van der Waals surface area contributed by atoms with E-state index in [1.54, 1.807) is 41.5 Å². The minimum atomic E-state index is -1.80. The number of aliphatic hydroxyl groups excluding tert-OH is 3. The molecular formula is C38H72N2O12. The number of ether oxygens (including phenoxy) is 6. The Balaban J connectivity index is 2.17. The highest BCUT2D eigenvalue weighted by molar-refractivity contribution is 5.73. The van der Waals surface area contributed by atoms with Crippen molar-refractivity contribution in [2.24, 2.45) is 17.8 Å². The molecule has 0 radical (unpaired) electrons. The van der Waals surface area contributed by atoms with E-state index < -0.39 is 96.0 Å². The van der Waals surface area contributed by atoms with Crippen molar-refractivity contribution >= 4 is 5.97 Å². The molecule has 3 rings (SSSR count). The van der Waals surface area contributed by atoms with E-state index in [1.165, 1.54) is 14.0 Å². The van der Waals surface area contributed by atoms with Crippen LogP contribution in [0.3, 0.4) is 0 Å². The summed E-state index contributed by atoms with van der Waals surface area (Å²) in [6, 6.07) is -0.808. The second kappa shape index (κ2) is 17.8. The minimum Gasteiger partial charge on any atom is -0.459 e. The summed E-state index contributed by atoms with van der Waals surface area (Å²) in [6.45, 7) is 18.0. The number of carbonyl (C=O) groups is 1. The summed E-state index contributed by atoms with van der Waals surface area (Å²) in [5.41, 5.74) is -4.37. The summed E-state index contributed by atoms with van der Waals surface area (Å²) in [6.07, 6.45) is -8.19. The van der Waals surface area contributed by atoms with Crippen LogP contribution in [-0.2, 0) is 33.2 Å². The number of nitrogens with zero attached hydrogens (tertiary/aromatic N) is 2. The average molecular weight is 749 g/mol. The summed E-state index contributed by atoms with van der Waals surface area (Å²) in [7, 11) is 7.12. The molecule has 3 fully saturated rings. The molecule has 306 valence electrons. The molecule has 52 heavy (non-hydrogen) atoms. The lowest BCUT2D eigenvalue weighted by Crippen LogP contribution is -2.60. The third kappa shape index (κ3) is 10.0. The maximum absolute atomic E-state index is 14.2. The van der Waals surface area contributed by atoms with Crippen molar-refractivity contribution in [3.8, 4) is 0 Å². The van der Waals surface area contributed by atoms with Crippen LogP contribution in [-0.4, -0.2) is 166 Å². The molecule has 3 saturated heterocycles. The predicted octanol–water partition coefficient (Wildman–Crippen LogP) is 1.90. The van der Waals surface area contributed by atoms with Gasteiger partial charge in [0.25, 0.3) is 0 Å². The van der Waals surface area contributed by atoms with Gasteiger partial charge in [-0.05, 0) is 94.8 Å². The molecule has 0 bridgehead atoms. The number of hydrogen-bond donors (Lipinski definition) is 5. The van der Waals surface area contributed by atoms with Gasteiger partial charge in [-0.15, -0.1) is 0 Å². The minimum absolute atomic E-state index is 0.133. The van der Waals surface area contributed by atoms with Gasteiger partial charge in [-0.1, -0.05) is 20.8 Å². The number of carbonyl (C=O) groups excluding carboxylic acids is 1. The molecule has 14 heteroatoms. The van der Waals surface area contributed by atoms with Crippen molar-refractivity contribution in [1.82, 2.24) is 9.80 Å². The van der Waals surface area contributed by atoms with Crippen LogP contribution in [0.25, 0.3) is 0 Å². The Labute approximate surface area is 312 Å². The van der Waals surface area contributed by atoms with E-state index in [-0.39, 0.29) is 37.3 Å². The Kier molecular flexibility index (Phi) is 15.6. The summed E-state index contributed by atoms with van der Waals surface area (Å²) >= 11 is 0. The van der Waals surface area contributed by atoms with E-state index in [0.717, 1.165) is 0 Å². The maximum Gasteiger partial charge on any atom is 0.311 e. The SMILES string of the molecule is CC[C@H]1OC(=O)[C@H](C)[C@@H](O[C@@H]2C[C@](C)(OC)[C@H](O)[C@@H](C)O2)[C@H](C)[C@@H](O[C@@H]2O[C@H](C)C[C@H](N(C)C)[C@H]2O)[C@](C)(O)C[C@@H](C)CN(C)[C@H](C)[C@@H](O)[C@]1(C)O. The fourth-order valence-electron chi connectivity index (χ4n) is 8.74. The predicted molar refractivity (Wildman–Crippen MR) is 194 cm³/mol. The van der Waals surface area contributed by atoms with Crippen LogP contribution >= 0.6 is 0 Å². The van der Waals surface area contributed by atoms with Crippen LogP contribution in [0.4, 0.5) is 0 Å². The molecule has 0 aromatic rings. The zero-order valence-electron chi connectivity index (χ0n) is 34.2. The first kappa shape index (κ1) is 45.4. The highest BCUT2D eigenvalue weighted by Gasteiger charge is 2.52. The molecule has 0 aliphatic carbocycles. The summed E-state index contributed by atoms with van der Waals surface area (Å²) < 4.78 is 37.5. The first-order valence-corrected chi connectivity index (χ1v) is 19.1. The first-order valence-electron chi connectivity index (χ1n) is 19.1. The highest BCUT2D eigenvalue weighted by atomic mass is 16.7. The summed E-state index contributed by atoms with van der Waals surface area (Å²) in [4.78, 5) is 18.0. The van der Waals surface area contributed by atoms with Crippen LogP contribution in [0.5, 0.6) is 0 Å². The van der Waals surface area contributed by atoms with E-state index in [2.05, 4.69) is 0 Å². The smallest absolute Gasteiger partial charge is 0.311 e. The van der Waals surface area contributed by atoms with E-state index in [9.17, 15) is 30.3 Å². The standard InChI is InChI=1S/C38H72N2O12/c1-15-27-38(10,46)31(42)24(6)40(13)19-20(2)17-36(8,45)33(52-35-29(41)26(39(11)12)16-21(3)48-35)22(4)30(23(5)34(44)50-27)51-28-18-37(9,47-14)32(43)25(7)49-28/h20-33,35,41-43,45-46H,15-19H2,1-14H3/t20-,21-,22+,23-,24-,25-,26+,27-,28-,29-,30+,31-,32-,33-,35+,36-,37+,38-/m1/s1. The van der Waals surface area contributed by atoms with E-state index >= 15 is 0 Å². The zero-order valence-corrected chi connectivity index (χ0v) is 34.2. The van der Waals surface area contributed by atoms with Gasteiger partial charge in [0.05, 0.1) is 41.5 Å². The summed E-state index contributed by atoms with van der Waals surface area (Å²) in [5, 5.41) is 58.1. The maximum atomic E-state index is 14.2. The van der Waals surface area contributed by atoms with Crippen molar-refractivity contribution in [2.75, 3.05) is 34.8 Å². The Morgan fingerprint density at radius 3 is 2.12 bits per heavy atom. The Hall–Kier alpha value is -1.01. The Morgan fingerprint density at radius 1 is 0.942 bits per heavy atom. The largest absolute Gasteiger partial charge is 0.459 e. The van der Waals surface area contributed by atoms with Gasteiger partial charge in [-0.25, -0.2) is 0 Å². The number of esters is 1.